The van der Waals surface area contributed by atoms with Crippen LogP contribution in [0.25, 0.3) is 0 Å². The average Bonchev–Trinajstić information content (AvgIpc) is 3.14. The van der Waals surface area contributed by atoms with Crippen molar-refractivity contribution in [3.63, 3.8) is 0 Å². The van der Waals surface area contributed by atoms with Crippen molar-refractivity contribution >= 4 is 11.9 Å². The molecule has 0 rings (SSSR count). The van der Waals surface area contributed by atoms with Gasteiger partial charge in [-0.3, -0.25) is 9.59 Å². The third-order valence-electron chi connectivity index (χ3n) is 8.71. The van der Waals surface area contributed by atoms with Crippen LogP contribution >= 0.6 is 0 Å². The summed E-state index contributed by atoms with van der Waals surface area (Å²) >= 11 is 0. The number of hydrogen-bond acceptors (Lipinski definition) is 5. The number of carbonyl (C=O) groups is 2. The first kappa shape index (κ1) is 49.3. The minimum atomic E-state index is -0.548. The summed E-state index contributed by atoms with van der Waals surface area (Å²) in [6.45, 7) is 7.52. The molecule has 5 nitrogen and oxygen atoms in total. The van der Waals surface area contributed by atoms with Crippen molar-refractivity contribution in [2.24, 2.45) is 0 Å². The molecule has 0 aliphatic rings. The van der Waals surface area contributed by atoms with Crippen molar-refractivity contribution in [2.75, 3.05) is 19.8 Å². The molecule has 1 atom stereocenters. The summed E-state index contributed by atoms with van der Waals surface area (Å²) in [4.78, 5) is 25.0. The van der Waals surface area contributed by atoms with Gasteiger partial charge in [-0.2, -0.15) is 0 Å². The molecule has 0 N–H and O–H groups in total. The van der Waals surface area contributed by atoms with E-state index >= 15 is 0 Å². The van der Waals surface area contributed by atoms with E-state index in [0.717, 1.165) is 96.3 Å². The molecule has 0 fully saturated rings. The Balaban J connectivity index is 4.15. The summed E-state index contributed by atoms with van der Waals surface area (Å²) in [5.74, 6) is -0.448. The number of ether oxygens (including phenoxy) is 3. The summed E-state index contributed by atoms with van der Waals surface area (Å²) in [7, 11) is 0. The second kappa shape index (κ2) is 42.8. The molecule has 1 unspecified atom stereocenters. The Morgan fingerprint density at radius 1 is 0.442 bits per heavy atom. The Morgan fingerprint density at radius 2 is 0.904 bits per heavy atom. The highest BCUT2D eigenvalue weighted by Crippen LogP contribution is 2.11. The standard InChI is InChI=1S/C47H80O5/c1-4-7-10-13-15-17-19-21-23-24-25-26-28-30-32-35-37-40-46(48)51-44-45(52-47(49)41-38-34-12-9-6-3)43-50-42-39-36-33-31-29-27-22-20-18-16-14-11-8-5-2/h7,10-11,14-15,17-18,20-21,23,25-26,45H,4-6,8-9,12-13,16,19,22,24,27-44H2,1-3H3/b10-7-,14-11-,17-15-,20-18-,23-21-,26-25-. The largest absolute Gasteiger partial charge is 0.462 e. The highest BCUT2D eigenvalue weighted by Gasteiger charge is 2.17. The Kier molecular flexibility index (Phi) is 40.6. The van der Waals surface area contributed by atoms with Crippen LogP contribution < -0.4 is 0 Å². The Labute approximate surface area is 321 Å². The van der Waals surface area contributed by atoms with Crippen LogP contribution in [0.3, 0.4) is 0 Å². The summed E-state index contributed by atoms with van der Waals surface area (Å²) in [5, 5.41) is 0. The smallest absolute Gasteiger partial charge is 0.306 e. The molecule has 0 radical (unpaired) electrons. The Bertz CT molecular complexity index is 957. The number of esters is 2. The second-order valence-corrected chi connectivity index (χ2v) is 13.9. The molecular weight excluding hydrogens is 645 g/mol. The zero-order valence-corrected chi connectivity index (χ0v) is 34.1. The molecular formula is C47H80O5. The molecule has 0 aromatic rings. The Morgan fingerprint density at radius 3 is 1.46 bits per heavy atom. The lowest BCUT2D eigenvalue weighted by molar-refractivity contribution is -0.163. The van der Waals surface area contributed by atoms with Crippen LogP contribution in [0, 0.1) is 0 Å². The first-order valence-corrected chi connectivity index (χ1v) is 21.5. The molecule has 52 heavy (non-hydrogen) atoms. The molecule has 0 saturated carbocycles. The maximum Gasteiger partial charge on any atom is 0.306 e. The van der Waals surface area contributed by atoms with Gasteiger partial charge in [-0.1, -0.05) is 164 Å². The maximum atomic E-state index is 12.5. The first-order chi connectivity index (χ1) is 25.6. The molecule has 5 heteroatoms. The van der Waals surface area contributed by atoms with Crippen LogP contribution in [0.15, 0.2) is 72.9 Å². The average molecular weight is 725 g/mol. The fraction of sp³-hybridized carbons (Fsp3) is 0.702. The van der Waals surface area contributed by atoms with E-state index in [-0.39, 0.29) is 25.2 Å². The maximum absolute atomic E-state index is 12.5. The zero-order chi connectivity index (χ0) is 37.8. The van der Waals surface area contributed by atoms with Crippen LogP contribution in [0.1, 0.15) is 188 Å². The molecule has 0 aliphatic carbocycles. The molecule has 0 amide bonds. The molecule has 0 heterocycles. The van der Waals surface area contributed by atoms with E-state index in [1.807, 2.05) is 0 Å². The molecule has 0 spiro atoms. The van der Waals surface area contributed by atoms with Gasteiger partial charge in [-0.15, -0.1) is 0 Å². The second-order valence-electron chi connectivity index (χ2n) is 13.9. The first-order valence-electron chi connectivity index (χ1n) is 21.5. The SMILES string of the molecule is CC/C=C\C/C=C\C/C=C\C/C=C\CCCCCCC(=O)OCC(COCCCCCCCC/C=C\C/C=C\CCC)OC(=O)CCCCCCC. The number of unbranched alkanes of at least 4 members (excludes halogenated alkanes) is 15. The highest BCUT2D eigenvalue weighted by atomic mass is 16.6. The minimum absolute atomic E-state index is 0.0652. The predicted molar refractivity (Wildman–Crippen MR) is 224 cm³/mol. The van der Waals surface area contributed by atoms with Gasteiger partial charge in [0.25, 0.3) is 0 Å². The Hall–Kier alpha value is -2.66. The van der Waals surface area contributed by atoms with E-state index in [2.05, 4.69) is 93.7 Å². The normalized spacial score (nSPS) is 12.9. The van der Waals surface area contributed by atoms with Crippen molar-refractivity contribution in [2.45, 2.75) is 194 Å². The molecule has 0 aromatic heterocycles. The van der Waals surface area contributed by atoms with E-state index < -0.39 is 6.10 Å². The third kappa shape index (κ3) is 40.1. The number of allylic oxidation sites excluding steroid dienone is 12. The summed E-state index contributed by atoms with van der Waals surface area (Å²) in [6, 6.07) is 0. The van der Waals surface area contributed by atoms with E-state index in [4.69, 9.17) is 14.2 Å². The van der Waals surface area contributed by atoms with Gasteiger partial charge in [0.2, 0.25) is 0 Å². The lowest BCUT2D eigenvalue weighted by atomic mass is 10.1. The van der Waals surface area contributed by atoms with Crippen molar-refractivity contribution < 1.29 is 23.8 Å². The van der Waals surface area contributed by atoms with Gasteiger partial charge < -0.3 is 14.2 Å². The zero-order valence-electron chi connectivity index (χ0n) is 34.1. The predicted octanol–water partition coefficient (Wildman–Crippen LogP) is 14.0. The van der Waals surface area contributed by atoms with Crippen LogP contribution in [-0.4, -0.2) is 37.9 Å². The number of rotatable bonds is 38. The van der Waals surface area contributed by atoms with Crippen LogP contribution in [0.4, 0.5) is 0 Å². The van der Waals surface area contributed by atoms with Gasteiger partial charge in [0.1, 0.15) is 6.61 Å². The number of hydrogen-bond donors (Lipinski definition) is 0. The quantitative estimate of drug-likeness (QED) is 0.0360. The highest BCUT2D eigenvalue weighted by molar-refractivity contribution is 5.70. The van der Waals surface area contributed by atoms with E-state index in [1.54, 1.807) is 0 Å². The van der Waals surface area contributed by atoms with Gasteiger partial charge in [-0.25, -0.2) is 0 Å². The van der Waals surface area contributed by atoms with Crippen molar-refractivity contribution in [1.29, 1.82) is 0 Å². The molecule has 0 aliphatic heterocycles. The van der Waals surface area contributed by atoms with Gasteiger partial charge in [0.15, 0.2) is 6.10 Å². The fourth-order valence-electron chi connectivity index (χ4n) is 5.54. The van der Waals surface area contributed by atoms with Crippen LogP contribution in [0.2, 0.25) is 0 Å². The van der Waals surface area contributed by atoms with Gasteiger partial charge >= 0.3 is 11.9 Å². The van der Waals surface area contributed by atoms with Crippen LogP contribution in [-0.2, 0) is 23.8 Å². The monoisotopic (exact) mass is 725 g/mol. The van der Waals surface area contributed by atoms with E-state index in [0.29, 0.717) is 19.4 Å². The van der Waals surface area contributed by atoms with Gasteiger partial charge in [-0.05, 0) is 83.5 Å². The van der Waals surface area contributed by atoms with Crippen molar-refractivity contribution in [3.8, 4) is 0 Å². The van der Waals surface area contributed by atoms with Crippen molar-refractivity contribution in [1.82, 2.24) is 0 Å². The van der Waals surface area contributed by atoms with E-state index in [1.165, 1.54) is 57.8 Å². The minimum Gasteiger partial charge on any atom is -0.462 e. The summed E-state index contributed by atoms with van der Waals surface area (Å²) in [5.41, 5.74) is 0. The van der Waals surface area contributed by atoms with Crippen LogP contribution in [0.5, 0.6) is 0 Å². The van der Waals surface area contributed by atoms with Gasteiger partial charge in [0.05, 0.1) is 6.61 Å². The lowest BCUT2D eigenvalue weighted by Crippen LogP contribution is -2.30. The molecule has 0 bridgehead atoms. The molecule has 298 valence electrons. The van der Waals surface area contributed by atoms with E-state index in [9.17, 15) is 9.59 Å². The van der Waals surface area contributed by atoms with Crippen molar-refractivity contribution in [3.05, 3.63) is 72.9 Å². The number of carbonyl (C=O) groups excluding carboxylic acids is 2. The lowest BCUT2D eigenvalue weighted by Gasteiger charge is -2.18. The fourth-order valence-corrected chi connectivity index (χ4v) is 5.54. The molecule has 0 saturated heterocycles. The topological polar surface area (TPSA) is 61.8 Å². The van der Waals surface area contributed by atoms with Gasteiger partial charge in [0, 0.05) is 19.4 Å². The third-order valence-corrected chi connectivity index (χ3v) is 8.71. The summed E-state index contributed by atoms with van der Waals surface area (Å²) in [6.07, 6.45) is 53.5. The summed E-state index contributed by atoms with van der Waals surface area (Å²) < 4.78 is 17.1. The molecule has 0 aromatic carbocycles.